The van der Waals surface area contributed by atoms with Crippen LogP contribution in [0.3, 0.4) is 0 Å². The number of ether oxygens (including phenoxy) is 1. The predicted molar refractivity (Wildman–Crippen MR) is 39.7 cm³/mol. The van der Waals surface area contributed by atoms with Crippen LogP contribution in [-0.4, -0.2) is 39.7 Å². The van der Waals surface area contributed by atoms with Gasteiger partial charge in [-0.15, -0.1) is 0 Å². The average Bonchev–Trinajstić information content (AvgIpc) is 1.89. The summed E-state index contributed by atoms with van der Waals surface area (Å²) in [5.41, 5.74) is 0. The van der Waals surface area contributed by atoms with Gasteiger partial charge >= 0.3 is 0 Å². The number of nitrogens with zero attached hydrogens (tertiary/aromatic N) is 2. The van der Waals surface area contributed by atoms with E-state index < -0.39 is 0 Å². The lowest BCUT2D eigenvalue weighted by Gasteiger charge is -1.90. The van der Waals surface area contributed by atoms with E-state index in [1.165, 1.54) is 0 Å². The normalized spacial score (nSPS) is 11.8. The van der Waals surface area contributed by atoms with Crippen LogP contribution in [0.5, 0.6) is 0 Å². The summed E-state index contributed by atoms with van der Waals surface area (Å²) in [7, 11) is 3.44. The Morgan fingerprint density at radius 3 is 1.89 bits per heavy atom. The highest BCUT2D eigenvalue weighted by Crippen LogP contribution is 1.67. The maximum atomic E-state index is 5.02. The standard InChI is InChI=1S/C6H12N2O/c1-7-3-5-9-6-4-8-2/h3-4H,5-6H2,1-2H3. The van der Waals surface area contributed by atoms with Crippen LogP contribution in [0.2, 0.25) is 0 Å². The van der Waals surface area contributed by atoms with Crippen LogP contribution in [0.1, 0.15) is 0 Å². The van der Waals surface area contributed by atoms with Crippen molar-refractivity contribution in [3.63, 3.8) is 0 Å². The molecule has 0 radical (unpaired) electrons. The molecule has 0 atom stereocenters. The molecule has 9 heavy (non-hydrogen) atoms. The van der Waals surface area contributed by atoms with Crippen molar-refractivity contribution >= 4 is 12.4 Å². The average molecular weight is 128 g/mol. The van der Waals surface area contributed by atoms with Crippen LogP contribution >= 0.6 is 0 Å². The van der Waals surface area contributed by atoms with Crippen molar-refractivity contribution in [3.8, 4) is 0 Å². The summed E-state index contributed by atoms with van der Waals surface area (Å²) < 4.78 is 5.02. The molecule has 0 aliphatic heterocycles. The van der Waals surface area contributed by atoms with Gasteiger partial charge in [0, 0.05) is 26.5 Å². The first-order chi connectivity index (χ1) is 4.41. The zero-order valence-electron chi connectivity index (χ0n) is 5.87. The smallest absolute Gasteiger partial charge is 0.0819 e. The van der Waals surface area contributed by atoms with Gasteiger partial charge in [0.1, 0.15) is 0 Å². The Bertz CT molecular complexity index is 87.2. The number of rotatable bonds is 4. The Morgan fingerprint density at radius 1 is 1.11 bits per heavy atom. The summed E-state index contributed by atoms with van der Waals surface area (Å²) in [4.78, 5) is 7.48. The first kappa shape index (κ1) is 8.30. The van der Waals surface area contributed by atoms with E-state index in [-0.39, 0.29) is 0 Å². The van der Waals surface area contributed by atoms with Crippen molar-refractivity contribution in [2.45, 2.75) is 0 Å². The van der Waals surface area contributed by atoms with Crippen LogP contribution in [-0.2, 0) is 4.74 Å². The molecule has 0 aromatic carbocycles. The highest BCUT2D eigenvalue weighted by atomic mass is 16.5. The van der Waals surface area contributed by atoms with Gasteiger partial charge in [-0.2, -0.15) is 0 Å². The van der Waals surface area contributed by atoms with Gasteiger partial charge in [-0.3, -0.25) is 9.98 Å². The molecule has 0 fully saturated rings. The molecule has 0 spiro atoms. The topological polar surface area (TPSA) is 34.0 Å². The van der Waals surface area contributed by atoms with E-state index >= 15 is 0 Å². The lowest BCUT2D eigenvalue weighted by Crippen LogP contribution is -1.97. The van der Waals surface area contributed by atoms with Gasteiger partial charge in [-0.25, -0.2) is 0 Å². The summed E-state index contributed by atoms with van der Waals surface area (Å²) in [6, 6.07) is 0. The molecule has 0 heterocycles. The first-order valence-electron chi connectivity index (χ1n) is 2.80. The SMILES string of the molecule is CN=CCOCC=NC. The van der Waals surface area contributed by atoms with Gasteiger partial charge in [0.15, 0.2) is 0 Å². The number of hydrogen-bond acceptors (Lipinski definition) is 3. The molecule has 0 amide bonds. The molecule has 0 saturated heterocycles. The first-order valence-corrected chi connectivity index (χ1v) is 2.80. The third kappa shape index (κ3) is 7.30. The summed E-state index contributed by atoms with van der Waals surface area (Å²) in [6.45, 7) is 1.14. The molecule has 0 aliphatic rings. The Hall–Kier alpha value is -0.700. The fourth-order valence-corrected chi connectivity index (χ4v) is 0.323. The summed E-state index contributed by atoms with van der Waals surface area (Å²) in [5, 5.41) is 0. The summed E-state index contributed by atoms with van der Waals surface area (Å²) in [6.07, 6.45) is 3.42. The predicted octanol–water partition coefficient (Wildman–Crippen LogP) is 0.404. The Kier molecular flexibility index (Phi) is 6.73. The van der Waals surface area contributed by atoms with Crippen molar-refractivity contribution in [2.24, 2.45) is 9.98 Å². The van der Waals surface area contributed by atoms with Gasteiger partial charge in [-0.1, -0.05) is 0 Å². The van der Waals surface area contributed by atoms with Crippen molar-refractivity contribution in [2.75, 3.05) is 27.3 Å². The van der Waals surface area contributed by atoms with E-state index in [1.807, 2.05) is 0 Å². The third-order valence-corrected chi connectivity index (χ3v) is 0.750. The van der Waals surface area contributed by atoms with Gasteiger partial charge in [0.2, 0.25) is 0 Å². The summed E-state index contributed by atoms with van der Waals surface area (Å²) >= 11 is 0. The van der Waals surface area contributed by atoms with E-state index in [1.54, 1.807) is 26.5 Å². The highest BCUT2D eigenvalue weighted by molar-refractivity contribution is 5.60. The minimum Gasteiger partial charge on any atom is -0.370 e. The Morgan fingerprint density at radius 2 is 1.56 bits per heavy atom. The van der Waals surface area contributed by atoms with Gasteiger partial charge in [0.05, 0.1) is 13.2 Å². The molecular weight excluding hydrogens is 116 g/mol. The van der Waals surface area contributed by atoms with E-state index in [4.69, 9.17) is 4.74 Å². The number of hydrogen-bond donors (Lipinski definition) is 0. The Balaban J connectivity index is 2.91. The quantitative estimate of drug-likeness (QED) is 0.398. The second kappa shape index (κ2) is 7.30. The van der Waals surface area contributed by atoms with Crippen LogP contribution < -0.4 is 0 Å². The monoisotopic (exact) mass is 128 g/mol. The molecule has 0 bridgehead atoms. The summed E-state index contributed by atoms with van der Waals surface area (Å²) in [5.74, 6) is 0. The molecule has 3 nitrogen and oxygen atoms in total. The van der Waals surface area contributed by atoms with E-state index in [0.717, 1.165) is 0 Å². The molecule has 0 aromatic heterocycles. The zero-order chi connectivity index (χ0) is 6.95. The fraction of sp³-hybridized carbons (Fsp3) is 0.667. The molecule has 0 aliphatic carbocycles. The van der Waals surface area contributed by atoms with Crippen LogP contribution in [0.4, 0.5) is 0 Å². The number of aliphatic imine (C=N–C) groups is 2. The van der Waals surface area contributed by atoms with E-state index in [0.29, 0.717) is 13.2 Å². The molecule has 0 aromatic rings. The molecule has 0 N–H and O–H groups in total. The molecule has 3 heteroatoms. The van der Waals surface area contributed by atoms with Crippen LogP contribution in [0.25, 0.3) is 0 Å². The molecule has 0 saturated carbocycles. The van der Waals surface area contributed by atoms with E-state index in [9.17, 15) is 0 Å². The second-order valence-electron chi connectivity index (χ2n) is 1.42. The van der Waals surface area contributed by atoms with Crippen molar-refractivity contribution in [3.05, 3.63) is 0 Å². The lowest BCUT2D eigenvalue weighted by atomic mass is 10.7. The minimum absolute atomic E-state index is 0.572. The fourth-order valence-electron chi connectivity index (χ4n) is 0.323. The highest BCUT2D eigenvalue weighted by Gasteiger charge is 1.75. The van der Waals surface area contributed by atoms with Crippen molar-refractivity contribution in [1.29, 1.82) is 0 Å². The molecule has 52 valence electrons. The maximum Gasteiger partial charge on any atom is 0.0819 e. The molecular formula is C6H12N2O. The second-order valence-corrected chi connectivity index (χ2v) is 1.42. The van der Waals surface area contributed by atoms with Gasteiger partial charge < -0.3 is 4.74 Å². The molecule has 0 unspecified atom stereocenters. The largest absolute Gasteiger partial charge is 0.370 e. The van der Waals surface area contributed by atoms with Crippen LogP contribution in [0.15, 0.2) is 9.98 Å². The molecule has 0 rings (SSSR count). The Labute approximate surface area is 55.5 Å². The van der Waals surface area contributed by atoms with Crippen molar-refractivity contribution < 1.29 is 4.74 Å². The van der Waals surface area contributed by atoms with Crippen LogP contribution in [0, 0.1) is 0 Å². The van der Waals surface area contributed by atoms with Gasteiger partial charge in [0.25, 0.3) is 0 Å². The minimum atomic E-state index is 0.572. The van der Waals surface area contributed by atoms with Crippen molar-refractivity contribution in [1.82, 2.24) is 0 Å². The van der Waals surface area contributed by atoms with E-state index in [2.05, 4.69) is 9.98 Å². The lowest BCUT2D eigenvalue weighted by molar-refractivity contribution is 0.220. The maximum absolute atomic E-state index is 5.02. The van der Waals surface area contributed by atoms with Gasteiger partial charge in [-0.05, 0) is 0 Å². The zero-order valence-corrected chi connectivity index (χ0v) is 5.87. The third-order valence-electron chi connectivity index (χ3n) is 0.750.